The second-order valence-electron chi connectivity index (χ2n) is 2.98. The highest BCUT2D eigenvalue weighted by Crippen LogP contribution is 2.29. The summed E-state index contributed by atoms with van der Waals surface area (Å²) in [4.78, 5) is 19.7. The molecule has 1 aromatic rings. The summed E-state index contributed by atoms with van der Waals surface area (Å²) < 4.78 is 30.3. The first-order valence-electron chi connectivity index (χ1n) is 4.40. The van der Waals surface area contributed by atoms with Gasteiger partial charge in [-0.3, -0.25) is 14.9 Å². The smallest absolute Gasteiger partial charge is 0.314 e. The number of hydrogen-bond acceptors (Lipinski definition) is 4. The Hall–Kier alpha value is -2.25. The highest BCUT2D eigenvalue weighted by Gasteiger charge is 2.20. The lowest BCUT2D eigenvalue weighted by molar-refractivity contribution is -0.386. The van der Waals surface area contributed by atoms with Crippen LogP contribution in [-0.2, 0) is 4.79 Å². The number of ether oxygens (including phenoxy) is 1. The third kappa shape index (κ3) is 3.37. The molecule has 0 aromatic heterocycles. The normalized spacial score (nSPS) is 10.0. The van der Waals surface area contributed by atoms with Crippen LogP contribution in [0.5, 0.6) is 5.75 Å². The topological polar surface area (TPSA) is 89.7 Å². The highest BCUT2D eigenvalue weighted by atomic mass is 19.2. The number of nitrogens with zero attached hydrogens (tertiary/aromatic N) is 1. The van der Waals surface area contributed by atoms with Crippen molar-refractivity contribution in [2.45, 2.75) is 6.42 Å². The van der Waals surface area contributed by atoms with Gasteiger partial charge in [-0.2, -0.15) is 0 Å². The van der Waals surface area contributed by atoms with E-state index in [2.05, 4.69) is 0 Å². The third-order valence-electron chi connectivity index (χ3n) is 1.77. The summed E-state index contributed by atoms with van der Waals surface area (Å²) >= 11 is 0. The minimum absolute atomic E-state index is 0.374. The molecule has 1 rings (SSSR count). The number of halogens is 2. The van der Waals surface area contributed by atoms with Crippen LogP contribution in [0.2, 0.25) is 0 Å². The zero-order valence-corrected chi connectivity index (χ0v) is 8.35. The van der Waals surface area contributed by atoms with Crippen LogP contribution in [0.3, 0.4) is 0 Å². The van der Waals surface area contributed by atoms with Crippen molar-refractivity contribution in [3.8, 4) is 5.75 Å². The molecule has 0 amide bonds. The van der Waals surface area contributed by atoms with Gasteiger partial charge in [0.25, 0.3) is 0 Å². The lowest BCUT2D eigenvalue weighted by Gasteiger charge is -2.05. The van der Waals surface area contributed by atoms with Crippen molar-refractivity contribution < 1.29 is 28.3 Å². The van der Waals surface area contributed by atoms with Gasteiger partial charge in [0.1, 0.15) is 0 Å². The third-order valence-corrected chi connectivity index (χ3v) is 1.77. The minimum atomic E-state index is -1.37. The number of nitro groups is 1. The number of nitro benzene ring substituents is 1. The van der Waals surface area contributed by atoms with Crippen LogP contribution in [-0.4, -0.2) is 22.6 Å². The molecule has 1 aromatic carbocycles. The van der Waals surface area contributed by atoms with Crippen LogP contribution < -0.4 is 4.74 Å². The summed E-state index contributed by atoms with van der Waals surface area (Å²) in [5, 5.41) is 18.8. The Labute approximate surface area is 93.6 Å². The predicted molar refractivity (Wildman–Crippen MR) is 50.8 cm³/mol. The number of carboxylic acid groups (broad SMARTS) is 1. The first-order chi connectivity index (χ1) is 7.91. The molecule has 0 atom stereocenters. The Morgan fingerprint density at radius 2 is 2.00 bits per heavy atom. The maximum atomic E-state index is 12.8. The van der Waals surface area contributed by atoms with E-state index in [0.717, 1.165) is 0 Å². The van der Waals surface area contributed by atoms with Crippen molar-refractivity contribution in [3.63, 3.8) is 0 Å². The maximum absolute atomic E-state index is 12.8. The molecule has 0 unspecified atom stereocenters. The van der Waals surface area contributed by atoms with E-state index >= 15 is 0 Å². The minimum Gasteiger partial charge on any atom is -0.486 e. The fraction of sp³-hybridized carbons (Fsp3) is 0.222. The largest absolute Gasteiger partial charge is 0.486 e. The highest BCUT2D eigenvalue weighted by molar-refractivity contribution is 5.66. The van der Waals surface area contributed by atoms with Crippen LogP contribution in [0.25, 0.3) is 0 Å². The van der Waals surface area contributed by atoms with E-state index in [1.54, 1.807) is 0 Å². The molecular weight excluding hydrogens is 240 g/mol. The van der Waals surface area contributed by atoms with Crippen LogP contribution >= 0.6 is 0 Å². The molecule has 1 N–H and O–H groups in total. The molecule has 6 nitrogen and oxygen atoms in total. The lowest BCUT2D eigenvalue weighted by Crippen LogP contribution is -2.06. The summed E-state index contributed by atoms with van der Waals surface area (Å²) in [6.45, 7) is -0.374. The number of rotatable bonds is 5. The Bertz CT molecular complexity index is 463. The second kappa shape index (κ2) is 5.19. The van der Waals surface area contributed by atoms with Crippen LogP contribution in [0.4, 0.5) is 14.5 Å². The fourth-order valence-electron chi connectivity index (χ4n) is 1.02. The van der Waals surface area contributed by atoms with Gasteiger partial charge < -0.3 is 9.84 Å². The van der Waals surface area contributed by atoms with Gasteiger partial charge in [-0.15, -0.1) is 0 Å². The molecule has 0 saturated heterocycles. The van der Waals surface area contributed by atoms with E-state index in [1.165, 1.54) is 0 Å². The maximum Gasteiger partial charge on any atom is 0.314 e. The standard InChI is InChI=1S/C9H7F2NO5/c10-5-3-7(12(15)16)8(4-6(5)11)17-2-1-9(13)14/h3-4H,1-2H2,(H,13,14). The molecule has 17 heavy (non-hydrogen) atoms. The summed E-state index contributed by atoms with van der Waals surface area (Å²) in [5.74, 6) is -4.35. The van der Waals surface area contributed by atoms with Gasteiger partial charge in [-0.1, -0.05) is 0 Å². The Morgan fingerprint density at radius 1 is 1.41 bits per heavy atom. The first kappa shape index (κ1) is 12.8. The van der Waals surface area contributed by atoms with Crippen LogP contribution in [0.1, 0.15) is 6.42 Å². The van der Waals surface area contributed by atoms with Gasteiger partial charge in [-0.25, -0.2) is 8.78 Å². The Balaban J connectivity index is 2.92. The van der Waals surface area contributed by atoms with E-state index in [-0.39, 0.29) is 6.61 Å². The van der Waals surface area contributed by atoms with E-state index < -0.39 is 40.4 Å². The molecule has 8 heteroatoms. The van der Waals surface area contributed by atoms with E-state index in [9.17, 15) is 23.7 Å². The average Bonchev–Trinajstić information content (AvgIpc) is 2.22. The first-order valence-corrected chi connectivity index (χ1v) is 4.40. The summed E-state index contributed by atoms with van der Waals surface area (Å²) in [5.41, 5.74) is -0.755. The molecular formula is C9H7F2NO5. The monoisotopic (exact) mass is 247 g/mol. The van der Waals surface area contributed by atoms with Gasteiger partial charge in [0.2, 0.25) is 0 Å². The summed E-state index contributed by atoms with van der Waals surface area (Å²) in [7, 11) is 0. The van der Waals surface area contributed by atoms with Crippen molar-refractivity contribution in [2.24, 2.45) is 0 Å². The van der Waals surface area contributed by atoms with Crippen LogP contribution in [0.15, 0.2) is 12.1 Å². The Kier molecular flexibility index (Phi) is 3.91. The van der Waals surface area contributed by atoms with E-state index in [1.807, 2.05) is 0 Å². The zero-order chi connectivity index (χ0) is 13.0. The number of hydrogen-bond donors (Lipinski definition) is 1. The molecule has 0 saturated carbocycles. The van der Waals surface area contributed by atoms with E-state index in [4.69, 9.17) is 9.84 Å². The molecule has 0 aliphatic heterocycles. The van der Waals surface area contributed by atoms with Crippen LogP contribution in [0, 0.1) is 21.7 Å². The predicted octanol–water partition coefficient (Wildman–Crippen LogP) is 1.73. The summed E-state index contributed by atoms with van der Waals surface area (Å²) in [6, 6.07) is 0.890. The molecule has 0 heterocycles. The van der Waals surface area contributed by atoms with Gasteiger partial charge in [0, 0.05) is 6.07 Å². The van der Waals surface area contributed by atoms with Gasteiger partial charge in [0.05, 0.1) is 24.0 Å². The molecule has 0 spiro atoms. The molecule has 0 radical (unpaired) electrons. The fourth-order valence-corrected chi connectivity index (χ4v) is 1.02. The molecule has 0 aliphatic rings. The summed E-state index contributed by atoms with van der Waals surface area (Å²) in [6.07, 6.45) is -0.407. The Morgan fingerprint density at radius 3 is 2.53 bits per heavy atom. The van der Waals surface area contributed by atoms with Crippen molar-refractivity contribution in [1.29, 1.82) is 0 Å². The van der Waals surface area contributed by atoms with Crippen molar-refractivity contribution >= 4 is 11.7 Å². The lowest BCUT2D eigenvalue weighted by atomic mass is 10.2. The number of carboxylic acids is 1. The molecule has 0 bridgehead atoms. The number of aliphatic carboxylic acids is 1. The van der Waals surface area contributed by atoms with E-state index in [0.29, 0.717) is 12.1 Å². The quantitative estimate of drug-likeness (QED) is 0.632. The number of carbonyl (C=O) groups is 1. The molecule has 0 fully saturated rings. The second-order valence-corrected chi connectivity index (χ2v) is 2.98. The van der Waals surface area contributed by atoms with Crippen molar-refractivity contribution in [3.05, 3.63) is 33.9 Å². The van der Waals surface area contributed by atoms with Crippen molar-refractivity contribution in [1.82, 2.24) is 0 Å². The average molecular weight is 247 g/mol. The van der Waals surface area contributed by atoms with Crippen molar-refractivity contribution in [2.75, 3.05) is 6.61 Å². The molecule has 0 aliphatic carbocycles. The number of benzene rings is 1. The SMILES string of the molecule is O=C(O)CCOc1cc(F)c(F)cc1[N+](=O)[O-]. The zero-order valence-electron chi connectivity index (χ0n) is 8.35. The van der Waals surface area contributed by atoms with Gasteiger partial charge >= 0.3 is 11.7 Å². The van der Waals surface area contributed by atoms with Gasteiger partial charge in [0.15, 0.2) is 17.4 Å². The van der Waals surface area contributed by atoms with Gasteiger partial charge in [-0.05, 0) is 0 Å². The molecule has 92 valence electrons.